The van der Waals surface area contributed by atoms with Gasteiger partial charge in [0.25, 0.3) is 5.91 Å². The molecule has 0 spiro atoms. The summed E-state index contributed by atoms with van der Waals surface area (Å²) in [6.45, 7) is 1.16. The van der Waals surface area contributed by atoms with Gasteiger partial charge in [0.05, 0.1) is 7.11 Å². The van der Waals surface area contributed by atoms with Crippen LogP contribution in [0.5, 0.6) is 5.75 Å². The molecule has 0 atom stereocenters. The van der Waals surface area contributed by atoms with Gasteiger partial charge < -0.3 is 15.0 Å². The number of anilines is 1. The van der Waals surface area contributed by atoms with Crippen LogP contribution in [0.3, 0.4) is 0 Å². The molecule has 1 aliphatic rings. The van der Waals surface area contributed by atoms with Gasteiger partial charge in [-0.2, -0.15) is 0 Å². The highest BCUT2D eigenvalue weighted by atomic mass is 16.5. The number of benzene rings is 3. The minimum Gasteiger partial charge on any atom is -0.496 e. The molecule has 1 fully saturated rings. The van der Waals surface area contributed by atoms with Crippen LogP contribution in [0.25, 0.3) is 11.6 Å². The van der Waals surface area contributed by atoms with E-state index in [1.165, 1.54) is 0 Å². The van der Waals surface area contributed by atoms with Crippen LogP contribution in [0.4, 0.5) is 5.69 Å². The zero-order valence-corrected chi connectivity index (χ0v) is 18.1. The molecule has 32 heavy (non-hydrogen) atoms. The molecule has 0 aliphatic carbocycles. The van der Waals surface area contributed by atoms with Gasteiger partial charge in [-0.3, -0.25) is 9.59 Å². The normalized spacial score (nSPS) is 13.8. The number of nitrogens with one attached hydrogen (secondary N) is 1. The number of rotatable bonds is 7. The van der Waals surface area contributed by atoms with E-state index >= 15 is 0 Å². The Balaban J connectivity index is 1.52. The molecule has 0 aromatic heterocycles. The second-order valence-electron chi connectivity index (χ2n) is 7.66. The number of carbonyl (C=O) groups excluding carboxylic acids is 2. The summed E-state index contributed by atoms with van der Waals surface area (Å²) in [6, 6.07) is 25.0. The number of para-hydroxylation sites is 1. The average Bonchev–Trinajstić information content (AvgIpc) is 3.28. The molecular weight excluding hydrogens is 400 g/mol. The third-order valence-corrected chi connectivity index (χ3v) is 5.54. The van der Waals surface area contributed by atoms with Crippen molar-refractivity contribution in [2.24, 2.45) is 0 Å². The van der Waals surface area contributed by atoms with Crippen molar-refractivity contribution in [3.8, 4) is 5.75 Å². The van der Waals surface area contributed by atoms with Crippen molar-refractivity contribution >= 4 is 29.2 Å². The Labute approximate surface area is 188 Å². The Bertz CT molecular complexity index is 1120. The molecule has 3 aromatic carbocycles. The van der Waals surface area contributed by atoms with E-state index in [4.69, 9.17) is 4.74 Å². The fraction of sp³-hybridized carbons (Fsp3) is 0.185. The minimum absolute atomic E-state index is 0.166. The van der Waals surface area contributed by atoms with Crippen LogP contribution in [0, 0.1) is 0 Å². The maximum atomic E-state index is 13.2. The van der Waals surface area contributed by atoms with E-state index in [-0.39, 0.29) is 11.8 Å². The Morgan fingerprint density at radius 3 is 2.41 bits per heavy atom. The Morgan fingerprint density at radius 2 is 1.72 bits per heavy atom. The van der Waals surface area contributed by atoms with Crippen molar-refractivity contribution in [2.75, 3.05) is 18.6 Å². The zero-order valence-electron chi connectivity index (χ0n) is 18.1. The molecule has 1 N–H and O–H groups in total. The van der Waals surface area contributed by atoms with E-state index in [0.717, 1.165) is 35.3 Å². The molecule has 0 bridgehead atoms. The largest absolute Gasteiger partial charge is 0.496 e. The Kier molecular flexibility index (Phi) is 6.66. The highest BCUT2D eigenvalue weighted by Crippen LogP contribution is 2.25. The molecule has 4 rings (SSSR count). The van der Waals surface area contributed by atoms with Gasteiger partial charge in [-0.05, 0) is 41.8 Å². The second kappa shape index (κ2) is 9.96. The zero-order chi connectivity index (χ0) is 22.3. The van der Waals surface area contributed by atoms with Crippen molar-refractivity contribution in [3.05, 3.63) is 95.6 Å². The van der Waals surface area contributed by atoms with Crippen LogP contribution >= 0.6 is 0 Å². The van der Waals surface area contributed by atoms with E-state index in [2.05, 4.69) is 5.32 Å². The predicted octanol–water partition coefficient (Wildman–Crippen LogP) is 4.68. The molecule has 0 radical (unpaired) electrons. The van der Waals surface area contributed by atoms with Crippen molar-refractivity contribution in [1.29, 1.82) is 0 Å². The fourth-order valence-electron chi connectivity index (χ4n) is 3.83. The highest BCUT2D eigenvalue weighted by Gasteiger charge is 2.21. The van der Waals surface area contributed by atoms with Gasteiger partial charge in [0.15, 0.2) is 0 Å². The van der Waals surface area contributed by atoms with E-state index in [0.29, 0.717) is 24.3 Å². The summed E-state index contributed by atoms with van der Waals surface area (Å²) in [6.07, 6.45) is 3.36. The molecule has 5 heteroatoms. The average molecular weight is 427 g/mol. The van der Waals surface area contributed by atoms with Crippen molar-refractivity contribution < 1.29 is 14.3 Å². The van der Waals surface area contributed by atoms with E-state index in [1.807, 2.05) is 89.8 Å². The van der Waals surface area contributed by atoms with E-state index in [9.17, 15) is 9.59 Å². The first-order valence-electron chi connectivity index (χ1n) is 10.7. The SMILES string of the molecule is COc1ccccc1/C=C(/C(=O)NCc1ccc(N2CCCC2=O)cc1)c1ccccc1. The van der Waals surface area contributed by atoms with E-state index < -0.39 is 0 Å². The quantitative estimate of drug-likeness (QED) is 0.441. The van der Waals surface area contributed by atoms with Crippen LogP contribution in [-0.4, -0.2) is 25.5 Å². The maximum Gasteiger partial charge on any atom is 0.252 e. The van der Waals surface area contributed by atoms with Gasteiger partial charge in [-0.1, -0.05) is 60.7 Å². The number of methoxy groups -OCH3 is 1. The smallest absolute Gasteiger partial charge is 0.252 e. The number of hydrogen-bond acceptors (Lipinski definition) is 3. The van der Waals surface area contributed by atoms with Crippen molar-refractivity contribution in [1.82, 2.24) is 5.32 Å². The molecule has 1 heterocycles. The van der Waals surface area contributed by atoms with Gasteiger partial charge in [0, 0.05) is 36.3 Å². The van der Waals surface area contributed by atoms with Gasteiger partial charge in [0.1, 0.15) is 5.75 Å². The third kappa shape index (κ3) is 4.89. The van der Waals surface area contributed by atoms with Crippen molar-refractivity contribution in [2.45, 2.75) is 19.4 Å². The maximum absolute atomic E-state index is 13.2. The molecule has 162 valence electrons. The number of carbonyl (C=O) groups is 2. The molecular formula is C27H26N2O3. The molecule has 1 saturated heterocycles. The summed E-state index contributed by atoms with van der Waals surface area (Å²) in [5.74, 6) is 0.710. The first-order chi connectivity index (χ1) is 15.7. The number of ether oxygens (including phenoxy) is 1. The molecule has 2 amide bonds. The van der Waals surface area contributed by atoms with Gasteiger partial charge in [-0.15, -0.1) is 0 Å². The standard InChI is InChI=1S/C27H26N2O3/c1-32-25-11-6-5-10-22(25)18-24(21-8-3-2-4-9-21)27(31)28-19-20-13-15-23(16-14-20)29-17-7-12-26(29)30/h2-6,8-11,13-16,18H,7,12,17,19H2,1H3,(H,28,31)/b24-18+. The van der Waals surface area contributed by atoms with Gasteiger partial charge >= 0.3 is 0 Å². The molecule has 1 aliphatic heterocycles. The summed E-state index contributed by atoms with van der Waals surface area (Å²) in [7, 11) is 1.62. The lowest BCUT2D eigenvalue weighted by molar-refractivity contribution is -0.117. The monoisotopic (exact) mass is 426 g/mol. The first kappa shape index (κ1) is 21.4. The second-order valence-corrected chi connectivity index (χ2v) is 7.66. The van der Waals surface area contributed by atoms with E-state index in [1.54, 1.807) is 7.11 Å². The summed E-state index contributed by atoms with van der Waals surface area (Å²) in [5.41, 5.74) is 4.11. The van der Waals surface area contributed by atoms with Gasteiger partial charge in [-0.25, -0.2) is 0 Å². The summed E-state index contributed by atoms with van der Waals surface area (Å²) in [4.78, 5) is 26.9. The summed E-state index contributed by atoms with van der Waals surface area (Å²) < 4.78 is 5.45. The number of hydrogen-bond donors (Lipinski definition) is 1. The molecule has 5 nitrogen and oxygen atoms in total. The molecule has 0 saturated carbocycles. The van der Waals surface area contributed by atoms with Crippen LogP contribution < -0.4 is 15.0 Å². The summed E-state index contributed by atoms with van der Waals surface area (Å²) in [5, 5.41) is 3.02. The number of amides is 2. The van der Waals surface area contributed by atoms with Crippen LogP contribution in [0.2, 0.25) is 0 Å². The Morgan fingerprint density at radius 1 is 1.00 bits per heavy atom. The van der Waals surface area contributed by atoms with Crippen LogP contribution in [0.15, 0.2) is 78.9 Å². The minimum atomic E-state index is -0.166. The Hall–Kier alpha value is -3.86. The predicted molar refractivity (Wildman–Crippen MR) is 127 cm³/mol. The van der Waals surface area contributed by atoms with Gasteiger partial charge in [0.2, 0.25) is 5.91 Å². The van der Waals surface area contributed by atoms with Crippen molar-refractivity contribution in [3.63, 3.8) is 0 Å². The third-order valence-electron chi connectivity index (χ3n) is 5.54. The molecule has 0 unspecified atom stereocenters. The topological polar surface area (TPSA) is 58.6 Å². The highest BCUT2D eigenvalue weighted by molar-refractivity contribution is 6.24. The molecule has 3 aromatic rings. The lowest BCUT2D eigenvalue weighted by Crippen LogP contribution is -2.25. The first-order valence-corrected chi connectivity index (χ1v) is 10.7. The number of nitrogens with zero attached hydrogens (tertiary/aromatic N) is 1. The van der Waals surface area contributed by atoms with Crippen LogP contribution in [-0.2, 0) is 16.1 Å². The van der Waals surface area contributed by atoms with Crippen LogP contribution in [0.1, 0.15) is 29.5 Å². The fourth-order valence-corrected chi connectivity index (χ4v) is 3.83. The lowest BCUT2D eigenvalue weighted by Gasteiger charge is -2.16. The lowest BCUT2D eigenvalue weighted by atomic mass is 10.0. The summed E-state index contributed by atoms with van der Waals surface area (Å²) >= 11 is 0.